The van der Waals surface area contributed by atoms with Gasteiger partial charge in [0.05, 0.1) is 0 Å². The average Bonchev–Trinajstić information content (AvgIpc) is 2.35. The lowest BCUT2D eigenvalue weighted by Gasteiger charge is -2.14. The third-order valence-electron chi connectivity index (χ3n) is 2.23. The van der Waals surface area contributed by atoms with Gasteiger partial charge in [-0.05, 0) is 31.9 Å². The van der Waals surface area contributed by atoms with Crippen molar-refractivity contribution >= 4 is 29.4 Å². The third kappa shape index (κ3) is 5.25. The summed E-state index contributed by atoms with van der Waals surface area (Å²) in [5, 5.41) is 8.69. The fourth-order valence-corrected chi connectivity index (χ4v) is 1.47. The highest BCUT2D eigenvalue weighted by Crippen LogP contribution is 2.10. The molecule has 0 bridgehead atoms. The summed E-state index contributed by atoms with van der Waals surface area (Å²) >= 11 is 5.79. The van der Waals surface area contributed by atoms with E-state index in [-0.39, 0.29) is 17.1 Å². The summed E-state index contributed by atoms with van der Waals surface area (Å²) in [5.74, 6) is 0.546. The number of carbonyl (C=O) groups is 1. The molecule has 3 N–H and O–H groups in total. The van der Waals surface area contributed by atoms with Crippen LogP contribution in [0.4, 0.5) is 11.9 Å². The first kappa shape index (κ1) is 15.4. The first-order valence-electron chi connectivity index (χ1n) is 6.26. The monoisotopic (exact) mass is 286 g/mol. The molecule has 0 aliphatic rings. The molecule has 1 aromatic heterocycles. The summed E-state index contributed by atoms with van der Waals surface area (Å²) in [5.41, 5.74) is 0. The van der Waals surface area contributed by atoms with Crippen molar-refractivity contribution in [3.05, 3.63) is 5.28 Å². The lowest BCUT2D eigenvalue weighted by molar-refractivity contribution is -0.121. The molecule has 0 aliphatic heterocycles. The maximum absolute atomic E-state index is 11.7. The summed E-state index contributed by atoms with van der Waals surface area (Å²) in [6.45, 7) is 6.96. The maximum Gasteiger partial charge on any atom is 0.242 e. The highest BCUT2D eigenvalue weighted by Gasteiger charge is 2.14. The van der Waals surface area contributed by atoms with Crippen LogP contribution in [0.15, 0.2) is 0 Å². The topological polar surface area (TPSA) is 91.8 Å². The number of nitrogens with one attached hydrogen (secondary N) is 3. The van der Waals surface area contributed by atoms with Gasteiger partial charge < -0.3 is 16.0 Å². The normalized spacial score (nSPS) is 11.8. The Labute approximate surface area is 117 Å². The maximum atomic E-state index is 11.7. The lowest BCUT2D eigenvalue weighted by atomic mass is 10.3. The second-order valence-corrected chi connectivity index (χ2v) is 4.28. The zero-order valence-electron chi connectivity index (χ0n) is 11.3. The van der Waals surface area contributed by atoms with Crippen molar-refractivity contribution in [3.63, 3.8) is 0 Å². The van der Waals surface area contributed by atoms with Crippen LogP contribution in [0.25, 0.3) is 0 Å². The van der Waals surface area contributed by atoms with Crippen LogP contribution >= 0.6 is 11.6 Å². The molecule has 1 heterocycles. The van der Waals surface area contributed by atoms with E-state index in [1.165, 1.54) is 0 Å². The number of aromatic nitrogens is 3. The van der Waals surface area contributed by atoms with Crippen LogP contribution in [0.2, 0.25) is 5.28 Å². The molecule has 1 aromatic rings. The minimum atomic E-state index is -0.445. The Hall–Kier alpha value is -1.63. The van der Waals surface area contributed by atoms with Crippen LogP contribution in [0.5, 0.6) is 0 Å². The van der Waals surface area contributed by atoms with Gasteiger partial charge in [-0.25, -0.2) is 0 Å². The van der Waals surface area contributed by atoms with Gasteiger partial charge >= 0.3 is 0 Å². The van der Waals surface area contributed by atoms with Crippen molar-refractivity contribution in [2.45, 2.75) is 33.2 Å². The van der Waals surface area contributed by atoms with Crippen molar-refractivity contribution in [1.82, 2.24) is 20.3 Å². The molecular weight excluding hydrogens is 268 g/mol. The number of rotatable bonds is 7. The summed E-state index contributed by atoms with van der Waals surface area (Å²) in [7, 11) is 0. The minimum absolute atomic E-state index is 0.0783. The van der Waals surface area contributed by atoms with E-state index in [0.29, 0.717) is 19.0 Å². The van der Waals surface area contributed by atoms with Crippen molar-refractivity contribution in [2.75, 3.05) is 23.7 Å². The fraction of sp³-hybridized carbons (Fsp3) is 0.636. The van der Waals surface area contributed by atoms with Gasteiger partial charge in [-0.15, -0.1) is 0 Å². The minimum Gasteiger partial charge on any atom is -0.354 e. The Balaban J connectivity index is 2.67. The number of hydrogen-bond acceptors (Lipinski definition) is 6. The molecule has 1 rings (SSSR count). The zero-order chi connectivity index (χ0) is 14.3. The highest BCUT2D eigenvalue weighted by molar-refractivity contribution is 6.28. The molecule has 8 heteroatoms. The molecule has 106 valence electrons. The summed E-state index contributed by atoms with van der Waals surface area (Å²) in [4.78, 5) is 23.7. The average molecular weight is 287 g/mol. The SMILES string of the molecule is CCCNC(=O)C(C)Nc1nc(Cl)nc(NCC)n1. The molecule has 0 aromatic carbocycles. The summed E-state index contributed by atoms with van der Waals surface area (Å²) in [6, 6.07) is -0.445. The Bertz CT molecular complexity index is 428. The Morgan fingerprint density at radius 3 is 2.58 bits per heavy atom. The Kier molecular flexibility index (Phi) is 6.27. The molecule has 7 nitrogen and oxygen atoms in total. The number of halogens is 1. The number of nitrogens with zero attached hydrogens (tertiary/aromatic N) is 3. The molecule has 0 spiro atoms. The van der Waals surface area contributed by atoms with Gasteiger partial charge in [0.2, 0.25) is 23.1 Å². The molecule has 0 radical (unpaired) electrons. The van der Waals surface area contributed by atoms with Gasteiger partial charge in [-0.1, -0.05) is 6.92 Å². The van der Waals surface area contributed by atoms with Crippen molar-refractivity contribution in [2.24, 2.45) is 0 Å². The van der Waals surface area contributed by atoms with Gasteiger partial charge in [0.15, 0.2) is 0 Å². The van der Waals surface area contributed by atoms with E-state index >= 15 is 0 Å². The standard InChI is InChI=1S/C11H19ClN6O/c1-4-6-14-8(19)7(3)15-11-17-9(12)16-10(18-11)13-5-2/h7H,4-6H2,1-3H3,(H,14,19)(H2,13,15,16,17,18). The quantitative estimate of drug-likeness (QED) is 0.699. The van der Waals surface area contributed by atoms with Crippen LogP contribution in [0.1, 0.15) is 27.2 Å². The Morgan fingerprint density at radius 2 is 1.95 bits per heavy atom. The fourth-order valence-electron chi connectivity index (χ4n) is 1.31. The van der Waals surface area contributed by atoms with Gasteiger partial charge in [0.25, 0.3) is 0 Å². The van der Waals surface area contributed by atoms with E-state index in [4.69, 9.17) is 11.6 Å². The number of carbonyl (C=O) groups excluding carboxylic acids is 1. The second kappa shape index (κ2) is 7.73. The van der Waals surface area contributed by atoms with E-state index < -0.39 is 6.04 Å². The third-order valence-corrected chi connectivity index (χ3v) is 2.40. The van der Waals surface area contributed by atoms with Crippen LogP contribution in [-0.2, 0) is 4.79 Å². The van der Waals surface area contributed by atoms with E-state index in [1.54, 1.807) is 6.92 Å². The smallest absolute Gasteiger partial charge is 0.242 e. The molecule has 1 amide bonds. The van der Waals surface area contributed by atoms with Crippen LogP contribution < -0.4 is 16.0 Å². The second-order valence-electron chi connectivity index (χ2n) is 3.94. The van der Waals surface area contributed by atoms with E-state index in [1.807, 2.05) is 13.8 Å². The summed E-state index contributed by atoms with van der Waals surface area (Å²) in [6.07, 6.45) is 0.889. The predicted octanol–water partition coefficient (Wildman–Crippen LogP) is 1.28. The van der Waals surface area contributed by atoms with E-state index in [2.05, 4.69) is 30.9 Å². The molecule has 0 saturated heterocycles. The molecule has 0 fully saturated rings. The van der Waals surface area contributed by atoms with Crippen molar-refractivity contribution < 1.29 is 4.79 Å². The van der Waals surface area contributed by atoms with Crippen molar-refractivity contribution in [1.29, 1.82) is 0 Å². The zero-order valence-corrected chi connectivity index (χ0v) is 12.1. The lowest BCUT2D eigenvalue weighted by Crippen LogP contribution is -2.38. The largest absolute Gasteiger partial charge is 0.354 e. The van der Waals surface area contributed by atoms with Gasteiger partial charge in [-0.3, -0.25) is 4.79 Å². The Morgan fingerprint density at radius 1 is 1.26 bits per heavy atom. The molecular formula is C11H19ClN6O. The van der Waals surface area contributed by atoms with Gasteiger partial charge in [0.1, 0.15) is 6.04 Å². The van der Waals surface area contributed by atoms with E-state index in [9.17, 15) is 4.79 Å². The number of anilines is 2. The first-order valence-corrected chi connectivity index (χ1v) is 6.64. The number of hydrogen-bond donors (Lipinski definition) is 3. The van der Waals surface area contributed by atoms with Crippen LogP contribution in [-0.4, -0.2) is 40.0 Å². The summed E-state index contributed by atoms with van der Waals surface area (Å²) < 4.78 is 0. The molecule has 0 saturated carbocycles. The predicted molar refractivity (Wildman–Crippen MR) is 75.4 cm³/mol. The van der Waals surface area contributed by atoms with Crippen LogP contribution in [0.3, 0.4) is 0 Å². The molecule has 0 aliphatic carbocycles. The molecule has 1 atom stereocenters. The van der Waals surface area contributed by atoms with Gasteiger partial charge in [0, 0.05) is 13.1 Å². The first-order chi connectivity index (χ1) is 9.06. The molecule has 1 unspecified atom stereocenters. The number of amides is 1. The van der Waals surface area contributed by atoms with Crippen molar-refractivity contribution in [3.8, 4) is 0 Å². The van der Waals surface area contributed by atoms with E-state index in [0.717, 1.165) is 6.42 Å². The van der Waals surface area contributed by atoms with Gasteiger partial charge in [-0.2, -0.15) is 15.0 Å². The molecule has 19 heavy (non-hydrogen) atoms. The highest BCUT2D eigenvalue weighted by atomic mass is 35.5. The van der Waals surface area contributed by atoms with Crippen LogP contribution in [0, 0.1) is 0 Å².